The molecule has 4 rings (SSSR count). The third-order valence-corrected chi connectivity index (χ3v) is 4.49. The Balaban J connectivity index is 0.000000224. The van der Waals surface area contributed by atoms with Gasteiger partial charge in [0, 0.05) is 22.5 Å². The monoisotopic (exact) mass is 408 g/mol. The smallest absolute Gasteiger partial charge is 0.336 e. The summed E-state index contributed by atoms with van der Waals surface area (Å²) >= 11 is 5.86. The molecule has 1 heterocycles. The normalized spacial score (nSPS) is 10.3. The van der Waals surface area contributed by atoms with Gasteiger partial charge in [-0.25, -0.2) is 14.2 Å². The molecule has 0 unspecified atom stereocenters. The minimum atomic E-state index is -0.959. The number of fused-ring (bicyclic) bond motifs is 1. The molecule has 0 spiro atoms. The molecule has 0 bridgehead atoms. The highest BCUT2D eigenvalue weighted by Gasteiger charge is 2.12. The summed E-state index contributed by atoms with van der Waals surface area (Å²) in [6, 6.07) is 22.1. The summed E-state index contributed by atoms with van der Waals surface area (Å²) in [7, 11) is 0. The summed E-state index contributed by atoms with van der Waals surface area (Å²) in [5, 5.41) is 10.6. The van der Waals surface area contributed by atoms with Gasteiger partial charge in [0.15, 0.2) is 0 Å². The van der Waals surface area contributed by atoms with E-state index >= 15 is 0 Å². The number of carboxylic acids is 1. The number of aromatic carboxylic acids is 1. The SMILES string of the molecule is NCc1ccc(F)cc1.O=C(O)c1cc(-c2ccc(Cl)cc2)nc2ccccc12. The second-order valence-electron chi connectivity index (χ2n) is 6.21. The van der Waals surface area contributed by atoms with Crippen molar-refractivity contribution >= 4 is 28.5 Å². The number of hydrogen-bond donors (Lipinski definition) is 2. The van der Waals surface area contributed by atoms with Crippen LogP contribution in [0, 0.1) is 5.82 Å². The van der Waals surface area contributed by atoms with E-state index in [4.69, 9.17) is 17.3 Å². The molecule has 1 aromatic heterocycles. The van der Waals surface area contributed by atoms with Crippen LogP contribution in [0.15, 0.2) is 78.9 Å². The Morgan fingerprint density at radius 3 is 2.28 bits per heavy atom. The van der Waals surface area contributed by atoms with Crippen LogP contribution >= 0.6 is 11.6 Å². The number of pyridine rings is 1. The first kappa shape index (κ1) is 20.5. The van der Waals surface area contributed by atoms with Gasteiger partial charge >= 0.3 is 5.97 Å². The van der Waals surface area contributed by atoms with Crippen molar-refractivity contribution in [3.63, 3.8) is 0 Å². The first-order valence-electron chi connectivity index (χ1n) is 8.81. The Labute approximate surface area is 172 Å². The first-order valence-corrected chi connectivity index (χ1v) is 9.19. The fourth-order valence-corrected chi connectivity index (χ4v) is 2.87. The Bertz CT molecular complexity index is 1130. The number of carbonyl (C=O) groups is 1. The molecular weight excluding hydrogens is 391 g/mol. The highest BCUT2D eigenvalue weighted by Crippen LogP contribution is 2.25. The highest BCUT2D eigenvalue weighted by atomic mass is 35.5. The van der Waals surface area contributed by atoms with Crippen LogP contribution < -0.4 is 5.73 Å². The van der Waals surface area contributed by atoms with Crippen LogP contribution in [0.3, 0.4) is 0 Å². The lowest BCUT2D eigenvalue weighted by Gasteiger charge is -2.07. The number of nitrogens with two attached hydrogens (primary N) is 1. The van der Waals surface area contributed by atoms with Gasteiger partial charge in [-0.2, -0.15) is 0 Å². The van der Waals surface area contributed by atoms with Crippen molar-refractivity contribution in [3.05, 3.63) is 101 Å². The van der Waals surface area contributed by atoms with Gasteiger partial charge in [0.1, 0.15) is 5.82 Å². The van der Waals surface area contributed by atoms with Gasteiger partial charge < -0.3 is 10.8 Å². The zero-order valence-corrected chi connectivity index (χ0v) is 16.1. The molecule has 0 saturated carbocycles. The van der Waals surface area contributed by atoms with Gasteiger partial charge in [-0.05, 0) is 42.0 Å². The van der Waals surface area contributed by atoms with E-state index in [9.17, 15) is 14.3 Å². The van der Waals surface area contributed by atoms with Crippen molar-refractivity contribution in [2.24, 2.45) is 5.73 Å². The van der Waals surface area contributed by atoms with E-state index in [1.807, 2.05) is 18.2 Å². The van der Waals surface area contributed by atoms with Gasteiger partial charge in [0.25, 0.3) is 0 Å². The summed E-state index contributed by atoms with van der Waals surface area (Å²) < 4.78 is 12.2. The summed E-state index contributed by atoms with van der Waals surface area (Å²) in [5.74, 6) is -1.17. The van der Waals surface area contributed by atoms with Crippen molar-refractivity contribution in [1.82, 2.24) is 4.98 Å². The maximum Gasteiger partial charge on any atom is 0.336 e. The second kappa shape index (κ2) is 9.28. The molecule has 6 heteroatoms. The number of para-hydroxylation sites is 1. The second-order valence-corrected chi connectivity index (χ2v) is 6.65. The van der Waals surface area contributed by atoms with Crippen LogP contribution in [0.1, 0.15) is 15.9 Å². The standard InChI is InChI=1S/C16H10ClNO2.C7H8FN/c17-11-7-5-10(6-8-11)15-9-13(16(19)20)12-3-1-2-4-14(12)18-15;8-7-3-1-6(5-9)2-4-7/h1-9H,(H,19,20);1-4H,5,9H2. The molecule has 3 N–H and O–H groups in total. The van der Waals surface area contributed by atoms with E-state index in [-0.39, 0.29) is 11.4 Å². The Morgan fingerprint density at radius 2 is 1.66 bits per heavy atom. The minimum Gasteiger partial charge on any atom is -0.478 e. The Morgan fingerprint density at radius 1 is 1.00 bits per heavy atom. The van der Waals surface area contributed by atoms with E-state index in [1.54, 1.807) is 48.5 Å². The molecule has 0 aliphatic carbocycles. The van der Waals surface area contributed by atoms with Crippen molar-refractivity contribution in [2.45, 2.75) is 6.54 Å². The molecular formula is C23H18ClFN2O2. The Kier molecular flexibility index (Phi) is 6.54. The van der Waals surface area contributed by atoms with Crippen LogP contribution in [0.2, 0.25) is 5.02 Å². The van der Waals surface area contributed by atoms with E-state index in [2.05, 4.69) is 4.98 Å². The minimum absolute atomic E-state index is 0.216. The maximum atomic E-state index is 12.2. The zero-order valence-electron chi connectivity index (χ0n) is 15.3. The lowest BCUT2D eigenvalue weighted by Crippen LogP contribution is -2.00. The molecule has 4 nitrogen and oxygen atoms in total. The van der Waals surface area contributed by atoms with Gasteiger partial charge in [-0.3, -0.25) is 0 Å². The van der Waals surface area contributed by atoms with Crippen LogP contribution in [-0.4, -0.2) is 16.1 Å². The van der Waals surface area contributed by atoms with Crippen molar-refractivity contribution in [2.75, 3.05) is 0 Å². The summed E-state index contributed by atoms with van der Waals surface area (Å²) in [6.45, 7) is 0.472. The molecule has 0 atom stereocenters. The predicted molar refractivity (Wildman–Crippen MR) is 113 cm³/mol. The molecule has 0 aliphatic rings. The van der Waals surface area contributed by atoms with Crippen molar-refractivity contribution in [1.29, 1.82) is 0 Å². The number of nitrogens with zero attached hydrogens (tertiary/aromatic N) is 1. The number of aromatic nitrogens is 1. The average Bonchev–Trinajstić information content (AvgIpc) is 2.74. The quantitative estimate of drug-likeness (QED) is 0.466. The first-order chi connectivity index (χ1) is 14.0. The zero-order chi connectivity index (χ0) is 20.8. The predicted octanol–water partition coefficient (Wildman–Crippen LogP) is 5.54. The lowest BCUT2D eigenvalue weighted by molar-refractivity contribution is 0.0699. The number of benzene rings is 3. The molecule has 3 aromatic carbocycles. The topological polar surface area (TPSA) is 76.2 Å². The third-order valence-electron chi connectivity index (χ3n) is 4.24. The van der Waals surface area contributed by atoms with Gasteiger partial charge in [-0.15, -0.1) is 0 Å². The highest BCUT2D eigenvalue weighted by molar-refractivity contribution is 6.30. The third kappa shape index (κ3) is 5.16. The van der Waals surface area contributed by atoms with Gasteiger partial charge in [-0.1, -0.05) is 54.1 Å². The Hall–Kier alpha value is -3.28. The number of carboxylic acid groups (broad SMARTS) is 1. The van der Waals surface area contributed by atoms with Gasteiger partial charge in [0.05, 0.1) is 16.8 Å². The molecule has 0 amide bonds. The number of hydrogen-bond acceptors (Lipinski definition) is 3. The van der Waals surface area contributed by atoms with Crippen molar-refractivity contribution < 1.29 is 14.3 Å². The molecule has 0 aliphatic heterocycles. The van der Waals surface area contributed by atoms with E-state index < -0.39 is 5.97 Å². The van der Waals surface area contributed by atoms with Crippen LogP contribution in [0.25, 0.3) is 22.2 Å². The summed E-state index contributed by atoms with van der Waals surface area (Å²) in [5.41, 5.74) is 8.61. The largest absolute Gasteiger partial charge is 0.478 e. The van der Waals surface area contributed by atoms with Gasteiger partial charge in [0.2, 0.25) is 0 Å². The number of rotatable bonds is 3. The van der Waals surface area contributed by atoms with Crippen LogP contribution in [0.5, 0.6) is 0 Å². The fraction of sp³-hybridized carbons (Fsp3) is 0.0435. The number of halogens is 2. The van der Waals surface area contributed by atoms with E-state index in [1.165, 1.54) is 12.1 Å². The van der Waals surface area contributed by atoms with E-state index in [0.29, 0.717) is 28.2 Å². The van der Waals surface area contributed by atoms with E-state index in [0.717, 1.165) is 11.1 Å². The molecule has 0 fully saturated rings. The summed E-state index contributed by atoms with van der Waals surface area (Å²) in [6.07, 6.45) is 0. The molecule has 4 aromatic rings. The van der Waals surface area contributed by atoms with Crippen LogP contribution in [0.4, 0.5) is 4.39 Å². The molecule has 0 saturated heterocycles. The lowest BCUT2D eigenvalue weighted by atomic mass is 10.0. The fourth-order valence-electron chi connectivity index (χ4n) is 2.74. The molecule has 146 valence electrons. The van der Waals surface area contributed by atoms with Crippen LogP contribution in [-0.2, 0) is 6.54 Å². The molecule has 0 radical (unpaired) electrons. The summed E-state index contributed by atoms with van der Waals surface area (Å²) in [4.78, 5) is 15.9. The van der Waals surface area contributed by atoms with Crippen molar-refractivity contribution in [3.8, 4) is 11.3 Å². The maximum absolute atomic E-state index is 12.2. The molecule has 29 heavy (non-hydrogen) atoms. The average molecular weight is 409 g/mol.